The predicted molar refractivity (Wildman–Crippen MR) is 122 cm³/mol. The van der Waals surface area contributed by atoms with Crippen molar-refractivity contribution >= 4 is 33.2 Å². The predicted octanol–water partition coefficient (Wildman–Crippen LogP) is 4.37. The third kappa shape index (κ3) is 5.37. The molecule has 0 fully saturated rings. The molecule has 172 valence electrons. The summed E-state index contributed by atoms with van der Waals surface area (Å²) < 4.78 is 52.6. The number of fused-ring (bicyclic) bond motifs is 1. The number of anilines is 1. The van der Waals surface area contributed by atoms with E-state index in [1.165, 1.54) is 42.5 Å². The Hall–Kier alpha value is -3.30. The van der Waals surface area contributed by atoms with Gasteiger partial charge in [0.15, 0.2) is 11.5 Å². The van der Waals surface area contributed by atoms with Gasteiger partial charge in [0, 0.05) is 18.5 Å². The minimum absolute atomic E-state index is 0.131. The van der Waals surface area contributed by atoms with E-state index in [2.05, 4.69) is 10.0 Å². The van der Waals surface area contributed by atoms with Crippen LogP contribution in [0.5, 0.6) is 11.5 Å². The van der Waals surface area contributed by atoms with Gasteiger partial charge in [-0.05, 0) is 48.0 Å². The van der Waals surface area contributed by atoms with E-state index in [1.807, 2.05) is 0 Å². The molecule has 0 saturated carbocycles. The molecule has 0 aromatic heterocycles. The Morgan fingerprint density at radius 2 is 1.82 bits per heavy atom. The molecule has 3 aromatic carbocycles. The summed E-state index contributed by atoms with van der Waals surface area (Å²) in [6.07, 6.45) is 0.738. The van der Waals surface area contributed by atoms with Gasteiger partial charge >= 0.3 is 0 Å². The zero-order valence-corrected chi connectivity index (χ0v) is 18.9. The first-order chi connectivity index (χ1) is 15.8. The number of rotatable bonds is 6. The second-order valence-electron chi connectivity index (χ2n) is 7.25. The molecule has 0 unspecified atom stereocenters. The molecule has 4 rings (SSSR count). The van der Waals surface area contributed by atoms with Gasteiger partial charge in [0.25, 0.3) is 15.9 Å². The Labute approximate surface area is 195 Å². The molecule has 1 aliphatic rings. The van der Waals surface area contributed by atoms with Crippen LogP contribution in [0.25, 0.3) is 0 Å². The van der Waals surface area contributed by atoms with Crippen molar-refractivity contribution in [3.05, 3.63) is 82.6 Å². The van der Waals surface area contributed by atoms with Gasteiger partial charge in [0.2, 0.25) is 0 Å². The van der Waals surface area contributed by atoms with E-state index < -0.39 is 21.7 Å². The normalized spacial score (nSPS) is 13.2. The lowest BCUT2D eigenvalue weighted by atomic mass is 10.1. The van der Waals surface area contributed by atoms with E-state index in [1.54, 1.807) is 12.1 Å². The molecule has 0 spiro atoms. The van der Waals surface area contributed by atoms with Crippen molar-refractivity contribution < 1.29 is 27.1 Å². The number of hydrogen-bond donors (Lipinski definition) is 2. The standard InChI is InChI=1S/C23H20ClFN2O5S/c24-18-11-15(12-21-22(18)32-10-4-9-31-21)14-26-23(28)16-5-3-6-17(13-16)33(29,30)27-20-8-2-1-7-19(20)25/h1-3,5-8,11-13,27H,4,9-10,14H2,(H,26,28). The molecular weight excluding hydrogens is 471 g/mol. The van der Waals surface area contributed by atoms with Crippen molar-refractivity contribution in [2.45, 2.75) is 17.9 Å². The first-order valence-electron chi connectivity index (χ1n) is 10.1. The lowest BCUT2D eigenvalue weighted by Crippen LogP contribution is -2.23. The molecule has 0 atom stereocenters. The Bertz CT molecular complexity index is 1300. The van der Waals surface area contributed by atoms with E-state index in [9.17, 15) is 17.6 Å². The molecule has 33 heavy (non-hydrogen) atoms. The number of sulfonamides is 1. The van der Waals surface area contributed by atoms with E-state index in [4.69, 9.17) is 21.1 Å². The van der Waals surface area contributed by atoms with Gasteiger partial charge in [-0.2, -0.15) is 0 Å². The van der Waals surface area contributed by atoms with Crippen molar-refractivity contribution in [2.24, 2.45) is 0 Å². The van der Waals surface area contributed by atoms with E-state index in [-0.39, 0.29) is 22.7 Å². The number of halogens is 2. The minimum Gasteiger partial charge on any atom is -0.489 e. The zero-order chi connectivity index (χ0) is 23.4. The third-order valence-corrected chi connectivity index (χ3v) is 6.48. The summed E-state index contributed by atoms with van der Waals surface area (Å²) >= 11 is 6.28. The number of carbonyl (C=O) groups excluding carboxylic acids is 1. The molecule has 1 aliphatic heterocycles. The summed E-state index contributed by atoms with van der Waals surface area (Å²) in [7, 11) is -4.10. The lowest BCUT2D eigenvalue weighted by molar-refractivity contribution is 0.0950. The van der Waals surface area contributed by atoms with Crippen LogP contribution in [0.2, 0.25) is 5.02 Å². The second kappa shape index (κ2) is 9.68. The summed E-state index contributed by atoms with van der Waals surface area (Å²) in [5, 5.41) is 3.11. The maximum atomic E-state index is 13.8. The Morgan fingerprint density at radius 3 is 2.64 bits per heavy atom. The number of nitrogens with one attached hydrogen (secondary N) is 2. The van der Waals surface area contributed by atoms with Gasteiger partial charge in [-0.25, -0.2) is 12.8 Å². The fraction of sp³-hybridized carbons (Fsp3) is 0.174. The SMILES string of the molecule is O=C(NCc1cc(Cl)c2c(c1)OCCCO2)c1cccc(S(=O)(=O)Nc2ccccc2F)c1. The monoisotopic (exact) mass is 490 g/mol. The van der Waals surface area contributed by atoms with Gasteiger partial charge < -0.3 is 14.8 Å². The van der Waals surface area contributed by atoms with Gasteiger partial charge in [0.05, 0.1) is 28.8 Å². The van der Waals surface area contributed by atoms with E-state index in [0.29, 0.717) is 35.3 Å². The van der Waals surface area contributed by atoms with E-state index in [0.717, 1.165) is 12.5 Å². The van der Waals surface area contributed by atoms with Gasteiger partial charge in [-0.1, -0.05) is 29.8 Å². The summed E-state index contributed by atoms with van der Waals surface area (Å²) in [4.78, 5) is 12.5. The molecule has 1 amide bonds. The van der Waals surface area contributed by atoms with Crippen molar-refractivity contribution in [3.8, 4) is 11.5 Å². The Morgan fingerprint density at radius 1 is 1.03 bits per heavy atom. The molecular formula is C23H20ClFN2O5S. The highest BCUT2D eigenvalue weighted by molar-refractivity contribution is 7.92. The smallest absolute Gasteiger partial charge is 0.262 e. The number of carbonyl (C=O) groups is 1. The molecule has 3 aromatic rings. The minimum atomic E-state index is -4.10. The third-order valence-electron chi connectivity index (χ3n) is 4.84. The highest BCUT2D eigenvalue weighted by atomic mass is 35.5. The van der Waals surface area contributed by atoms with Gasteiger partial charge in [-0.15, -0.1) is 0 Å². The molecule has 7 nitrogen and oxygen atoms in total. The molecule has 0 saturated heterocycles. The Kier molecular flexibility index (Phi) is 6.71. The lowest BCUT2D eigenvalue weighted by Gasteiger charge is -2.13. The molecule has 0 aliphatic carbocycles. The first kappa shape index (κ1) is 22.9. The number of amides is 1. The highest BCUT2D eigenvalue weighted by Crippen LogP contribution is 2.38. The fourth-order valence-electron chi connectivity index (χ4n) is 3.22. The fourth-order valence-corrected chi connectivity index (χ4v) is 4.62. The number of benzene rings is 3. The van der Waals surface area contributed by atoms with Crippen LogP contribution in [0, 0.1) is 5.82 Å². The van der Waals surface area contributed by atoms with Crippen LogP contribution in [-0.4, -0.2) is 27.5 Å². The van der Waals surface area contributed by atoms with Crippen LogP contribution in [0.15, 0.2) is 65.6 Å². The quantitative estimate of drug-likeness (QED) is 0.535. The average Bonchev–Trinajstić information content (AvgIpc) is 3.05. The molecule has 1 heterocycles. The summed E-state index contributed by atoms with van der Waals surface area (Å²) in [6.45, 7) is 1.15. The number of para-hydroxylation sites is 1. The van der Waals surface area contributed by atoms with Crippen LogP contribution in [-0.2, 0) is 16.6 Å². The summed E-state index contributed by atoms with van der Waals surface area (Å²) in [6, 6.07) is 14.3. The van der Waals surface area contributed by atoms with Crippen molar-refractivity contribution in [2.75, 3.05) is 17.9 Å². The van der Waals surface area contributed by atoms with Crippen LogP contribution in [0.4, 0.5) is 10.1 Å². The largest absolute Gasteiger partial charge is 0.489 e. The number of ether oxygens (including phenoxy) is 2. The highest BCUT2D eigenvalue weighted by Gasteiger charge is 2.19. The van der Waals surface area contributed by atoms with Crippen LogP contribution >= 0.6 is 11.6 Å². The molecule has 0 radical (unpaired) electrons. The Balaban J connectivity index is 1.48. The maximum absolute atomic E-state index is 13.8. The van der Waals surface area contributed by atoms with Crippen LogP contribution in [0.3, 0.4) is 0 Å². The summed E-state index contributed by atoms with van der Waals surface area (Å²) in [5.41, 5.74) is 0.646. The molecule has 10 heteroatoms. The van der Waals surface area contributed by atoms with E-state index >= 15 is 0 Å². The van der Waals surface area contributed by atoms with Crippen molar-refractivity contribution in [3.63, 3.8) is 0 Å². The first-order valence-corrected chi connectivity index (χ1v) is 11.9. The van der Waals surface area contributed by atoms with Crippen molar-refractivity contribution in [1.29, 1.82) is 0 Å². The van der Waals surface area contributed by atoms with Crippen molar-refractivity contribution in [1.82, 2.24) is 5.32 Å². The zero-order valence-electron chi connectivity index (χ0n) is 17.3. The van der Waals surface area contributed by atoms with Crippen LogP contribution in [0.1, 0.15) is 22.3 Å². The van der Waals surface area contributed by atoms with Crippen LogP contribution < -0.4 is 19.5 Å². The average molecular weight is 491 g/mol. The maximum Gasteiger partial charge on any atom is 0.262 e. The molecule has 2 N–H and O–H groups in total. The molecule has 0 bridgehead atoms. The topological polar surface area (TPSA) is 93.7 Å². The summed E-state index contributed by atoms with van der Waals surface area (Å²) in [5.74, 6) is -0.203. The second-order valence-corrected chi connectivity index (χ2v) is 9.34. The van der Waals surface area contributed by atoms with Gasteiger partial charge in [0.1, 0.15) is 5.82 Å². The number of hydrogen-bond acceptors (Lipinski definition) is 5. The van der Waals surface area contributed by atoms with Gasteiger partial charge in [-0.3, -0.25) is 9.52 Å².